The summed E-state index contributed by atoms with van der Waals surface area (Å²) in [4.78, 5) is 2.39. The highest BCUT2D eigenvalue weighted by Gasteiger charge is 2.22. The lowest BCUT2D eigenvalue weighted by Gasteiger charge is -2.12. The number of rotatable bonds is 9. The fourth-order valence-corrected chi connectivity index (χ4v) is 5.43. The maximum atomic E-state index is 4.28. The van der Waals surface area contributed by atoms with Crippen LogP contribution < -0.4 is 0 Å². The molecule has 0 saturated carbocycles. The van der Waals surface area contributed by atoms with Gasteiger partial charge in [-0.2, -0.15) is 5.21 Å². The Hall–Kier alpha value is -2.79. The first-order chi connectivity index (χ1) is 15.2. The first-order valence-electron chi connectivity index (χ1n) is 11.3. The van der Waals surface area contributed by atoms with Crippen molar-refractivity contribution in [3.05, 3.63) is 65.2 Å². The molecule has 0 amide bonds. The molecule has 4 aromatic rings. The third-order valence-electron chi connectivity index (χ3n) is 5.79. The number of benzene rings is 2. The second-order valence-electron chi connectivity index (χ2n) is 8.06. The molecule has 31 heavy (non-hydrogen) atoms. The highest BCUT2D eigenvalue weighted by Crippen LogP contribution is 2.47. The summed E-state index contributed by atoms with van der Waals surface area (Å²) in [6, 6.07) is 17.9. The average molecular weight is 431 g/mol. The van der Waals surface area contributed by atoms with Crippen molar-refractivity contribution in [1.82, 2.24) is 20.6 Å². The minimum atomic E-state index is 0.670. The van der Waals surface area contributed by atoms with Crippen molar-refractivity contribution in [2.45, 2.75) is 59.3 Å². The van der Waals surface area contributed by atoms with Crippen molar-refractivity contribution < 1.29 is 0 Å². The monoisotopic (exact) mass is 430 g/mol. The molecule has 0 spiro atoms. The lowest BCUT2D eigenvalue weighted by atomic mass is 9.93. The second-order valence-corrected chi connectivity index (χ2v) is 9.08. The number of tetrazole rings is 1. The Labute approximate surface area is 188 Å². The van der Waals surface area contributed by atoms with Crippen LogP contribution in [0.15, 0.2) is 48.5 Å². The van der Waals surface area contributed by atoms with E-state index in [1.54, 1.807) is 11.3 Å². The number of aromatic amines is 1. The van der Waals surface area contributed by atoms with Crippen LogP contribution in [-0.2, 0) is 12.8 Å². The third-order valence-corrected chi connectivity index (χ3v) is 7.11. The van der Waals surface area contributed by atoms with Gasteiger partial charge in [-0.1, -0.05) is 75.2 Å². The van der Waals surface area contributed by atoms with Crippen molar-refractivity contribution in [3.63, 3.8) is 0 Å². The van der Waals surface area contributed by atoms with Gasteiger partial charge in [0.05, 0.1) is 4.88 Å². The smallest absolute Gasteiger partial charge is 0.177 e. The van der Waals surface area contributed by atoms with E-state index in [1.165, 1.54) is 63.9 Å². The quantitative estimate of drug-likeness (QED) is 0.304. The highest BCUT2D eigenvalue weighted by atomic mass is 32.1. The first kappa shape index (κ1) is 21.4. The predicted molar refractivity (Wildman–Crippen MR) is 130 cm³/mol. The van der Waals surface area contributed by atoms with Gasteiger partial charge in [0, 0.05) is 10.4 Å². The predicted octanol–water partition coefficient (Wildman–Crippen LogP) is 7.26. The number of aryl methyl sites for hydroxylation is 2. The number of H-pyrrole nitrogens is 1. The number of nitrogens with zero attached hydrogens (tertiary/aromatic N) is 3. The first-order valence-corrected chi connectivity index (χ1v) is 12.1. The summed E-state index contributed by atoms with van der Waals surface area (Å²) in [5.41, 5.74) is 7.93. The molecular weight excluding hydrogens is 400 g/mol. The van der Waals surface area contributed by atoms with E-state index >= 15 is 0 Å². The fraction of sp³-hybridized carbons (Fsp3) is 0.346. The van der Waals surface area contributed by atoms with Gasteiger partial charge in [-0.15, -0.1) is 21.5 Å². The number of hydrogen-bond acceptors (Lipinski definition) is 4. The van der Waals surface area contributed by atoms with E-state index in [9.17, 15) is 0 Å². The number of aromatic nitrogens is 4. The Morgan fingerprint density at radius 1 is 0.903 bits per heavy atom. The molecular formula is C26H30N4S. The van der Waals surface area contributed by atoms with E-state index in [0.717, 1.165) is 17.7 Å². The van der Waals surface area contributed by atoms with Gasteiger partial charge in [0.2, 0.25) is 5.82 Å². The number of nitrogens with one attached hydrogen (secondary N) is 1. The van der Waals surface area contributed by atoms with Gasteiger partial charge in [-0.25, -0.2) is 0 Å². The second kappa shape index (κ2) is 10.0. The molecule has 4 rings (SSSR count). The molecule has 2 aromatic heterocycles. The third kappa shape index (κ3) is 4.62. The molecule has 5 heteroatoms. The summed E-state index contributed by atoms with van der Waals surface area (Å²) in [7, 11) is 0. The lowest BCUT2D eigenvalue weighted by Crippen LogP contribution is -1.92. The zero-order chi connectivity index (χ0) is 21.6. The highest BCUT2D eigenvalue weighted by molar-refractivity contribution is 7.19. The number of hydrogen-bond donors (Lipinski definition) is 1. The lowest BCUT2D eigenvalue weighted by molar-refractivity contribution is 0.795. The summed E-state index contributed by atoms with van der Waals surface area (Å²) in [6.07, 6.45) is 7.02. The molecule has 0 radical (unpaired) electrons. The molecule has 0 saturated heterocycles. The summed E-state index contributed by atoms with van der Waals surface area (Å²) in [5.74, 6) is 0.670. The molecule has 0 atom stereocenters. The maximum Gasteiger partial charge on any atom is 0.214 e. The van der Waals surface area contributed by atoms with Crippen LogP contribution in [0.2, 0.25) is 0 Å². The summed E-state index contributed by atoms with van der Waals surface area (Å²) < 4.78 is 0. The van der Waals surface area contributed by atoms with Gasteiger partial charge in [0.1, 0.15) is 0 Å². The minimum Gasteiger partial charge on any atom is -0.177 e. The van der Waals surface area contributed by atoms with Crippen LogP contribution in [-0.4, -0.2) is 20.6 Å². The van der Waals surface area contributed by atoms with Gasteiger partial charge < -0.3 is 0 Å². The Morgan fingerprint density at radius 2 is 1.71 bits per heavy atom. The van der Waals surface area contributed by atoms with Gasteiger partial charge >= 0.3 is 0 Å². The van der Waals surface area contributed by atoms with E-state index in [0.29, 0.717) is 5.82 Å². The van der Waals surface area contributed by atoms with Crippen LogP contribution in [0.1, 0.15) is 56.2 Å². The Bertz CT molecular complexity index is 1130. The summed E-state index contributed by atoms with van der Waals surface area (Å²) in [6.45, 7) is 6.68. The molecule has 160 valence electrons. The van der Waals surface area contributed by atoms with E-state index < -0.39 is 0 Å². The fourth-order valence-electron chi connectivity index (χ4n) is 4.11. The van der Waals surface area contributed by atoms with Crippen molar-refractivity contribution in [3.8, 4) is 32.3 Å². The molecule has 4 nitrogen and oxygen atoms in total. The van der Waals surface area contributed by atoms with E-state index in [2.05, 4.69) is 89.9 Å². The molecule has 1 N–H and O–H groups in total. The molecule has 2 heterocycles. The molecule has 0 aliphatic rings. The van der Waals surface area contributed by atoms with Crippen LogP contribution in [0, 0.1) is 6.92 Å². The van der Waals surface area contributed by atoms with Gasteiger partial charge in [-0.3, -0.25) is 0 Å². The van der Waals surface area contributed by atoms with Gasteiger partial charge in [0.25, 0.3) is 0 Å². The van der Waals surface area contributed by atoms with Crippen LogP contribution in [0.5, 0.6) is 0 Å². The van der Waals surface area contributed by atoms with E-state index in [1.807, 2.05) is 0 Å². The van der Waals surface area contributed by atoms with Crippen molar-refractivity contribution in [1.29, 1.82) is 0 Å². The summed E-state index contributed by atoms with van der Waals surface area (Å²) in [5, 5.41) is 15.0. The topological polar surface area (TPSA) is 54.5 Å². The maximum absolute atomic E-state index is 4.28. The standard InChI is InChI=1S/C26H30N4S/c1-4-6-11-19-12-10-15-21(17-19)23-18(3)24(26-27-29-30-28-26)31-25(23)22-16-9-8-14-20(22)13-7-5-2/h8-10,12,14-17H,4-7,11,13H2,1-3H3,(H,27,28,29,30). The van der Waals surface area contributed by atoms with Crippen LogP contribution in [0.4, 0.5) is 0 Å². The minimum absolute atomic E-state index is 0.670. The largest absolute Gasteiger partial charge is 0.214 e. The summed E-state index contributed by atoms with van der Waals surface area (Å²) >= 11 is 1.78. The zero-order valence-electron chi connectivity index (χ0n) is 18.6. The molecule has 0 bridgehead atoms. The van der Waals surface area contributed by atoms with Crippen LogP contribution >= 0.6 is 11.3 Å². The Balaban J connectivity index is 1.89. The Morgan fingerprint density at radius 3 is 2.48 bits per heavy atom. The van der Waals surface area contributed by atoms with Crippen LogP contribution in [0.3, 0.4) is 0 Å². The molecule has 2 aromatic carbocycles. The van der Waals surface area contributed by atoms with Crippen molar-refractivity contribution >= 4 is 11.3 Å². The van der Waals surface area contributed by atoms with E-state index in [4.69, 9.17) is 0 Å². The SMILES string of the molecule is CCCCc1cccc(-c2c(-c3ccccc3CCCC)sc(-c3nn[nH]n3)c2C)c1. The number of unbranched alkanes of at least 4 members (excludes halogenated alkanes) is 2. The normalized spacial score (nSPS) is 11.2. The van der Waals surface area contributed by atoms with Gasteiger partial charge in [0.15, 0.2) is 0 Å². The Kier molecular flexibility index (Phi) is 6.92. The zero-order valence-corrected chi connectivity index (χ0v) is 19.4. The molecule has 0 fully saturated rings. The van der Waals surface area contributed by atoms with Crippen molar-refractivity contribution in [2.75, 3.05) is 0 Å². The molecule has 0 aliphatic carbocycles. The van der Waals surface area contributed by atoms with Crippen molar-refractivity contribution in [2.24, 2.45) is 0 Å². The molecule has 0 aliphatic heterocycles. The average Bonchev–Trinajstić information content (AvgIpc) is 3.44. The van der Waals surface area contributed by atoms with Gasteiger partial charge in [-0.05, 0) is 65.6 Å². The number of thiophene rings is 1. The molecule has 0 unspecified atom stereocenters. The van der Waals surface area contributed by atoms with E-state index in [-0.39, 0.29) is 0 Å². The van der Waals surface area contributed by atoms with Crippen LogP contribution in [0.25, 0.3) is 32.3 Å².